The van der Waals surface area contributed by atoms with E-state index in [-0.39, 0.29) is 6.61 Å². The fourth-order valence-corrected chi connectivity index (χ4v) is 4.02. The third-order valence-electron chi connectivity index (χ3n) is 4.24. The lowest BCUT2D eigenvalue weighted by atomic mass is 10.0. The number of halogens is 4. The highest BCUT2D eigenvalue weighted by molar-refractivity contribution is 9.10. The molecule has 0 atom stereocenters. The number of allylic oxidation sites excluding steroid dienone is 1. The van der Waals surface area contributed by atoms with Gasteiger partial charge in [-0.2, -0.15) is 5.26 Å². The molecule has 0 aromatic heterocycles. The van der Waals surface area contributed by atoms with Crippen LogP contribution in [-0.4, -0.2) is 7.11 Å². The first-order chi connectivity index (χ1) is 14.4. The Morgan fingerprint density at radius 2 is 1.87 bits per heavy atom. The summed E-state index contributed by atoms with van der Waals surface area (Å²) in [6, 6.07) is 18.7. The SMILES string of the molecule is COc1cc(C=C(C#N)c2cccc(Br)c2)c(Br)cc1OCc1ccc(Cl)cc1Cl. The van der Waals surface area contributed by atoms with Gasteiger partial charge in [0.25, 0.3) is 0 Å². The summed E-state index contributed by atoms with van der Waals surface area (Å²) >= 11 is 19.2. The minimum absolute atomic E-state index is 0.259. The molecule has 0 aliphatic heterocycles. The molecule has 0 bridgehead atoms. The van der Waals surface area contributed by atoms with Crippen molar-refractivity contribution >= 4 is 66.7 Å². The maximum absolute atomic E-state index is 9.63. The van der Waals surface area contributed by atoms with Crippen molar-refractivity contribution in [2.45, 2.75) is 6.61 Å². The average Bonchev–Trinajstić information content (AvgIpc) is 2.72. The summed E-state index contributed by atoms with van der Waals surface area (Å²) in [4.78, 5) is 0. The molecule has 0 aliphatic carbocycles. The highest BCUT2D eigenvalue weighted by Crippen LogP contribution is 2.36. The summed E-state index contributed by atoms with van der Waals surface area (Å²) in [5.41, 5.74) is 2.95. The quantitative estimate of drug-likeness (QED) is 0.223. The summed E-state index contributed by atoms with van der Waals surface area (Å²) in [5.74, 6) is 1.09. The monoisotopic (exact) mass is 565 g/mol. The molecule has 0 saturated heterocycles. The predicted molar refractivity (Wildman–Crippen MR) is 129 cm³/mol. The zero-order valence-corrected chi connectivity index (χ0v) is 20.4. The van der Waals surface area contributed by atoms with E-state index in [1.165, 1.54) is 0 Å². The Bertz CT molecular complexity index is 1160. The Kier molecular flexibility index (Phi) is 7.85. The van der Waals surface area contributed by atoms with E-state index in [4.69, 9.17) is 32.7 Å². The van der Waals surface area contributed by atoms with Crippen molar-refractivity contribution in [1.29, 1.82) is 5.26 Å². The van der Waals surface area contributed by atoms with Crippen LogP contribution in [0.2, 0.25) is 10.0 Å². The summed E-state index contributed by atoms with van der Waals surface area (Å²) in [6.07, 6.45) is 1.80. The van der Waals surface area contributed by atoms with Gasteiger partial charge in [-0.15, -0.1) is 0 Å². The molecule has 0 heterocycles. The van der Waals surface area contributed by atoms with Crippen molar-refractivity contribution in [3.05, 3.63) is 90.3 Å². The summed E-state index contributed by atoms with van der Waals surface area (Å²) < 4.78 is 13.1. The van der Waals surface area contributed by atoms with Crippen LogP contribution in [0.15, 0.2) is 63.5 Å². The number of nitrogens with zero attached hydrogens (tertiary/aromatic N) is 1. The van der Waals surface area contributed by atoms with Crippen molar-refractivity contribution in [3.8, 4) is 17.6 Å². The molecular weight excluding hydrogens is 553 g/mol. The second-order valence-electron chi connectivity index (χ2n) is 6.23. The molecule has 0 amide bonds. The molecule has 0 aliphatic rings. The summed E-state index contributed by atoms with van der Waals surface area (Å²) in [5, 5.41) is 10.7. The van der Waals surface area contributed by atoms with E-state index in [2.05, 4.69) is 37.9 Å². The van der Waals surface area contributed by atoms with E-state index in [1.54, 1.807) is 25.3 Å². The predicted octanol–water partition coefficient (Wildman–Crippen LogP) is 8.17. The first kappa shape index (κ1) is 22.7. The number of methoxy groups -OCH3 is 1. The lowest BCUT2D eigenvalue weighted by Crippen LogP contribution is -1.99. The van der Waals surface area contributed by atoms with Crippen LogP contribution >= 0.6 is 55.1 Å². The van der Waals surface area contributed by atoms with Gasteiger partial charge in [0, 0.05) is 24.6 Å². The molecule has 152 valence electrons. The molecule has 30 heavy (non-hydrogen) atoms. The maximum atomic E-state index is 9.63. The number of nitriles is 1. The second kappa shape index (κ2) is 10.4. The van der Waals surface area contributed by atoms with Crippen LogP contribution in [0.1, 0.15) is 16.7 Å². The first-order valence-corrected chi connectivity index (χ1v) is 11.1. The van der Waals surface area contributed by atoms with Crippen molar-refractivity contribution in [2.24, 2.45) is 0 Å². The van der Waals surface area contributed by atoms with E-state index >= 15 is 0 Å². The standard InChI is InChI=1S/C23H15Br2Cl2NO2/c1-29-22-9-16(7-17(12-28)14-3-2-4-18(24)8-14)20(25)11-23(22)30-13-15-5-6-19(26)10-21(15)27/h2-11H,13H2,1H3. The molecule has 0 radical (unpaired) electrons. The molecule has 0 spiro atoms. The van der Waals surface area contributed by atoms with Crippen LogP contribution in [0, 0.1) is 11.3 Å². The largest absolute Gasteiger partial charge is 0.493 e. The Morgan fingerprint density at radius 1 is 1.07 bits per heavy atom. The molecule has 0 fully saturated rings. The molecule has 0 N–H and O–H groups in total. The van der Waals surface area contributed by atoms with Crippen LogP contribution in [0.5, 0.6) is 11.5 Å². The molecule has 3 rings (SSSR count). The molecule has 3 aromatic carbocycles. The van der Waals surface area contributed by atoms with Gasteiger partial charge in [-0.05, 0) is 53.6 Å². The number of benzene rings is 3. The van der Waals surface area contributed by atoms with Crippen LogP contribution < -0.4 is 9.47 Å². The van der Waals surface area contributed by atoms with Crippen LogP contribution in [0.25, 0.3) is 11.6 Å². The second-order valence-corrected chi connectivity index (χ2v) is 8.84. The zero-order chi connectivity index (χ0) is 21.7. The Balaban J connectivity index is 1.90. The fourth-order valence-electron chi connectivity index (χ4n) is 2.72. The summed E-state index contributed by atoms with van der Waals surface area (Å²) in [6.45, 7) is 0.259. The van der Waals surface area contributed by atoms with Crippen molar-refractivity contribution in [2.75, 3.05) is 7.11 Å². The number of rotatable bonds is 6. The number of hydrogen-bond acceptors (Lipinski definition) is 3. The van der Waals surface area contributed by atoms with E-state index in [9.17, 15) is 5.26 Å². The topological polar surface area (TPSA) is 42.2 Å². The van der Waals surface area contributed by atoms with Gasteiger partial charge in [-0.1, -0.05) is 73.3 Å². The van der Waals surface area contributed by atoms with Gasteiger partial charge in [0.05, 0.1) is 18.8 Å². The average molecular weight is 568 g/mol. The van der Waals surface area contributed by atoms with E-state index in [0.717, 1.165) is 25.6 Å². The van der Waals surface area contributed by atoms with Gasteiger partial charge in [-0.3, -0.25) is 0 Å². The minimum Gasteiger partial charge on any atom is -0.493 e. The first-order valence-electron chi connectivity index (χ1n) is 8.73. The third-order valence-corrected chi connectivity index (χ3v) is 6.00. The van der Waals surface area contributed by atoms with Crippen LogP contribution in [-0.2, 0) is 6.61 Å². The highest BCUT2D eigenvalue weighted by Gasteiger charge is 2.12. The van der Waals surface area contributed by atoms with Gasteiger partial charge in [0.2, 0.25) is 0 Å². The Hall–Kier alpha value is -1.97. The molecule has 3 nitrogen and oxygen atoms in total. The lowest BCUT2D eigenvalue weighted by Gasteiger charge is -2.14. The smallest absolute Gasteiger partial charge is 0.162 e. The molecule has 0 saturated carbocycles. The van der Waals surface area contributed by atoms with Gasteiger partial charge in [0.1, 0.15) is 6.61 Å². The van der Waals surface area contributed by atoms with E-state index in [1.807, 2.05) is 42.5 Å². The van der Waals surface area contributed by atoms with Gasteiger partial charge in [0.15, 0.2) is 11.5 Å². The lowest BCUT2D eigenvalue weighted by molar-refractivity contribution is 0.284. The van der Waals surface area contributed by atoms with Gasteiger partial charge >= 0.3 is 0 Å². The molecule has 0 unspecified atom stereocenters. The Morgan fingerprint density at radius 3 is 2.53 bits per heavy atom. The van der Waals surface area contributed by atoms with Crippen LogP contribution in [0.4, 0.5) is 0 Å². The number of ether oxygens (including phenoxy) is 2. The fraction of sp³-hybridized carbons (Fsp3) is 0.0870. The van der Waals surface area contributed by atoms with Crippen molar-refractivity contribution < 1.29 is 9.47 Å². The van der Waals surface area contributed by atoms with E-state index in [0.29, 0.717) is 27.1 Å². The molecular formula is C23H15Br2Cl2NO2. The normalized spacial score (nSPS) is 11.1. The minimum atomic E-state index is 0.259. The Labute approximate surface area is 202 Å². The van der Waals surface area contributed by atoms with E-state index < -0.39 is 0 Å². The molecule has 7 heteroatoms. The number of hydrogen-bond donors (Lipinski definition) is 0. The van der Waals surface area contributed by atoms with Gasteiger partial charge < -0.3 is 9.47 Å². The summed E-state index contributed by atoms with van der Waals surface area (Å²) in [7, 11) is 1.57. The maximum Gasteiger partial charge on any atom is 0.162 e. The van der Waals surface area contributed by atoms with Gasteiger partial charge in [-0.25, -0.2) is 0 Å². The van der Waals surface area contributed by atoms with Crippen molar-refractivity contribution in [3.63, 3.8) is 0 Å². The van der Waals surface area contributed by atoms with Crippen LogP contribution in [0.3, 0.4) is 0 Å². The molecule has 3 aromatic rings. The third kappa shape index (κ3) is 5.59. The highest BCUT2D eigenvalue weighted by atomic mass is 79.9. The van der Waals surface area contributed by atoms with Crippen molar-refractivity contribution in [1.82, 2.24) is 0 Å². The zero-order valence-electron chi connectivity index (χ0n) is 15.8.